The van der Waals surface area contributed by atoms with E-state index in [9.17, 15) is 9.90 Å². The van der Waals surface area contributed by atoms with Crippen molar-refractivity contribution in [3.63, 3.8) is 0 Å². The first kappa shape index (κ1) is 27.5. The molecule has 0 fully saturated rings. The Morgan fingerprint density at radius 1 is 1.21 bits per heavy atom. The third-order valence-electron chi connectivity index (χ3n) is 5.33. The number of nitrogens with one attached hydrogen (secondary N) is 2. The van der Waals surface area contributed by atoms with Gasteiger partial charge in [-0.3, -0.25) is 9.36 Å². The van der Waals surface area contributed by atoms with Crippen LogP contribution >= 0.6 is 39.3 Å². The van der Waals surface area contributed by atoms with E-state index in [1.165, 1.54) is 25.1 Å². The Kier molecular flexibility index (Phi) is 9.27. The summed E-state index contributed by atoms with van der Waals surface area (Å²) < 4.78 is 7.75. The van der Waals surface area contributed by atoms with Gasteiger partial charge in [0.2, 0.25) is 0 Å². The molecule has 1 amide bonds. The lowest BCUT2D eigenvalue weighted by Gasteiger charge is -2.13. The van der Waals surface area contributed by atoms with Crippen LogP contribution in [0.3, 0.4) is 0 Å². The minimum absolute atomic E-state index is 0.0770. The van der Waals surface area contributed by atoms with E-state index in [0.717, 1.165) is 11.4 Å². The average Bonchev–Trinajstić information content (AvgIpc) is 3.32. The second-order valence-electron chi connectivity index (χ2n) is 7.97. The van der Waals surface area contributed by atoms with Crippen molar-refractivity contribution in [1.29, 1.82) is 0 Å². The lowest BCUT2D eigenvalue weighted by atomic mass is 10.2. The van der Waals surface area contributed by atoms with Crippen LogP contribution in [0.4, 0.5) is 5.69 Å². The summed E-state index contributed by atoms with van der Waals surface area (Å²) in [6.45, 7) is 2.17. The number of hydrogen-bond acceptors (Lipinski definition) is 8. The maximum atomic E-state index is 12.8. The van der Waals surface area contributed by atoms with Gasteiger partial charge in [-0.25, -0.2) is 5.43 Å². The highest BCUT2D eigenvalue weighted by Crippen LogP contribution is 2.32. The van der Waals surface area contributed by atoms with Crippen molar-refractivity contribution < 1.29 is 14.6 Å². The molecular weight excluding hydrogens is 592 g/mol. The minimum Gasteiger partial charge on any atom is -0.504 e. The number of ether oxygens (including phenoxy) is 1. The zero-order valence-electron chi connectivity index (χ0n) is 20.4. The largest absolute Gasteiger partial charge is 0.504 e. The maximum absolute atomic E-state index is 12.8. The predicted molar refractivity (Wildman–Crippen MR) is 154 cm³/mol. The van der Waals surface area contributed by atoms with E-state index in [-0.39, 0.29) is 17.4 Å². The summed E-state index contributed by atoms with van der Waals surface area (Å²) >= 11 is 10.6. The number of methoxy groups -OCH3 is 1. The van der Waals surface area contributed by atoms with Crippen LogP contribution in [-0.2, 0) is 11.3 Å². The Labute approximate surface area is 237 Å². The van der Waals surface area contributed by atoms with Crippen LogP contribution in [0.5, 0.6) is 11.5 Å². The number of aromatic nitrogens is 3. The number of nitrogens with zero attached hydrogens (tertiary/aromatic N) is 4. The van der Waals surface area contributed by atoms with Crippen LogP contribution in [0.1, 0.15) is 18.3 Å². The number of para-hydroxylation sites is 1. The number of phenols is 1. The zero-order valence-corrected chi connectivity index (χ0v) is 23.6. The number of amides is 1. The molecular formula is C26H24BrClN6O3S. The van der Waals surface area contributed by atoms with Gasteiger partial charge in [-0.1, -0.05) is 57.5 Å². The van der Waals surface area contributed by atoms with E-state index in [4.69, 9.17) is 16.3 Å². The van der Waals surface area contributed by atoms with Crippen LogP contribution in [0.2, 0.25) is 5.02 Å². The van der Waals surface area contributed by atoms with Crippen LogP contribution in [0.25, 0.3) is 5.69 Å². The van der Waals surface area contributed by atoms with Crippen molar-refractivity contribution in [3.05, 3.63) is 87.6 Å². The average molecular weight is 616 g/mol. The third kappa shape index (κ3) is 6.85. The molecule has 0 aliphatic rings. The van der Waals surface area contributed by atoms with E-state index in [0.29, 0.717) is 32.6 Å². The number of thioether (sulfide) groups is 1. The number of anilines is 1. The quantitative estimate of drug-likeness (QED) is 0.120. The predicted octanol–water partition coefficient (Wildman–Crippen LogP) is 5.64. The Bertz CT molecular complexity index is 1430. The fourth-order valence-electron chi connectivity index (χ4n) is 3.39. The van der Waals surface area contributed by atoms with Crippen molar-refractivity contribution in [3.8, 4) is 17.2 Å². The number of phenolic OH excluding ortho intramolecular Hbond substituents is 1. The highest BCUT2D eigenvalue weighted by Gasteiger charge is 2.21. The van der Waals surface area contributed by atoms with Crippen molar-refractivity contribution >= 4 is 57.1 Å². The van der Waals surface area contributed by atoms with Gasteiger partial charge in [0, 0.05) is 26.4 Å². The molecule has 0 saturated heterocycles. The first-order valence-electron chi connectivity index (χ1n) is 11.4. The SMILES string of the molecule is COc1cc(Br)cc(C=NNC(=O)C(C)Sc2nnc(CNc3ccc(Cl)cc3)n2-c2ccccc2)c1O. The molecule has 1 atom stereocenters. The molecule has 9 nitrogen and oxygen atoms in total. The lowest BCUT2D eigenvalue weighted by molar-refractivity contribution is -0.120. The summed E-state index contributed by atoms with van der Waals surface area (Å²) in [7, 11) is 1.45. The molecule has 38 heavy (non-hydrogen) atoms. The van der Waals surface area contributed by atoms with Gasteiger partial charge in [-0.05, 0) is 55.5 Å². The van der Waals surface area contributed by atoms with Crippen molar-refractivity contribution in [2.24, 2.45) is 5.10 Å². The second kappa shape index (κ2) is 12.8. The second-order valence-corrected chi connectivity index (χ2v) is 10.6. The van der Waals surface area contributed by atoms with E-state index in [1.54, 1.807) is 19.1 Å². The summed E-state index contributed by atoms with van der Waals surface area (Å²) in [5.41, 5.74) is 4.67. The number of carbonyl (C=O) groups is 1. The normalized spacial score (nSPS) is 11.9. The topological polar surface area (TPSA) is 114 Å². The first-order valence-corrected chi connectivity index (χ1v) is 13.5. The van der Waals surface area contributed by atoms with Gasteiger partial charge in [0.25, 0.3) is 5.91 Å². The van der Waals surface area contributed by atoms with Crippen LogP contribution < -0.4 is 15.5 Å². The number of hydrazone groups is 1. The minimum atomic E-state index is -0.540. The molecule has 0 aliphatic carbocycles. The highest BCUT2D eigenvalue weighted by molar-refractivity contribution is 9.10. The molecule has 3 aromatic carbocycles. The number of carbonyl (C=O) groups excluding carboxylic acids is 1. The van der Waals surface area contributed by atoms with Crippen molar-refractivity contribution in [2.45, 2.75) is 23.9 Å². The molecule has 1 heterocycles. The summed E-state index contributed by atoms with van der Waals surface area (Å²) in [4.78, 5) is 12.8. The molecule has 3 N–H and O–H groups in total. The molecule has 0 aliphatic heterocycles. The summed E-state index contributed by atoms with van der Waals surface area (Å²) in [6.07, 6.45) is 1.35. The van der Waals surface area contributed by atoms with Crippen LogP contribution in [0.15, 0.2) is 81.5 Å². The molecule has 12 heteroatoms. The number of hydrogen-bond donors (Lipinski definition) is 3. The van der Waals surface area contributed by atoms with E-state index in [1.807, 2.05) is 59.2 Å². The van der Waals surface area contributed by atoms with Gasteiger partial charge in [-0.15, -0.1) is 10.2 Å². The van der Waals surface area contributed by atoms with Gasteiger partial charge in [0.15, 0.2) is 22.5 Å². The van der Waals surface area contributed by atoms with Gasteiger partial charge in [-0.2, -0.15) is 5.10 Å². The van der Waals surface area contributed by atoms with Gasteiger partial charge in [0.05, 0.1) is 25.1 Å². The third-order valence-corrected chi connectivity index (χ3v) is 7.08. The first-order chi connectivity index (χ1) is 18.4. The maximum Gasteiger partial charge on any atom is 0.253 e. The van der Waals surface area contributed by atoms with Crippen molar-refractivity contribution in [2.75, 3.05) is 12.4 Å². The number of halogens is 2. The summed E-state index contributed by atoms with van der Waals surface area (Å²) in [5.74, 6) is 0.555. The molecule has 1 aromatic heterocycles. The molecule has 4 aromatic rings. The summed E-state index contributed by atoms with van der Waals surface area (Å²) in [6, 6.07) is 20.4. The summed E-state index contributed by atoms with van der Waals surface area (Å²) in [5, 5.41) is 27.0. The fraction of sp³-hybridized carbons (Fsp3) is 0.154. The lowest BCUT2D eigenvalue weighted by Crippen LogP contribution is -2.27. The Morgan fingerprint density at radius 2 is 1.95 bits per heavy atom. The molecule has 0 bridgehead atoms. The number of rotatable bonds is 10. The van der Waals surface area contributed by atoms with E-state index < -0.39 is 5.25 Å². The highest BCUT2D eigenvalue weighted by atomic mass is 79.9. The van der Waals surface area contributed by atoms with E-state index >= 15 is 0 Å². The monoisotopic (exact) mass is 614 g/mol. The van der Waals surface area contributed by atoms with Crippen LogP contribution in [-0.4, -0.2) is 44.4 Å². The zero-order chi connectivity index (χ0) is 27.1. The fourth-order valence-corrected chi connectivity index (χ4v) is 4.85. The number of benzene rings is 3. The molecule has 196 valence electrons. The van der Waals surface area contributed by atoms with Gasteiger partial charge < -0.3 is 15.2 Å². The van der Waals surface area contributed by atoms with Crippen LogP contribution in [0, 0.1) is 0 Å². The molecule has 0 radical (unpaired) electrons. The van der Waals surface area contributed by atoms with Gasteiger partial charge >= 0.3 is 0 Å². The Hall–Kier alpha value is -3.54. The molecule has 0 spiro atoms. The Morgan fingerprint density at radius 3 is 2.66 bits per heavy atom. The standard InChI is InChI=1S/C26H24BrClN6O3S/c1-16(25(36)32-30-14-17-12-18(27)13-22(37-2)24(17)35)38-26-33-31-23(34(26)21-6-4-3-5-7-21)15-29-20-10-8-19(28)9-11-20/h3-14,16,29,35H,15H2,1-2H3,(H,32,36). The van der Waals surface area contributed by atoms with Gasteiger partial charge in [0.1, 0.15) is 0 Å². The smallest absolute Gasteiger partial charge is 0.253 e. The molecule has 4 rings (SSSR count). The Balaban J connectivity index is 1.47. The van der Waals surface area contributed by atoms with Crippen molar-refractivity contribution in [1.82, 2.24) is 20.2 Å². The van der Waals surface area contributed by atoms with E-state index in [2.05, 4.69) is 42.0 Å². The molecule has 1 unspecified atom stereocenters. The molecule has 0 saturated carbocycles. The number of aromatic hydroxyl groups is 1.